The smallest absolute Gasteiger partial charge is 0.339 e. The van der Waals surface area contributed by atoms with Crippen LogP contribution in [0.5, 0.6) is 28.7 Å². The molecule has 3 aliphatic rings. The molecule has 210 valence electrons. The fourth-order valence-electron chi connectivity index (χ4n) is 5.12. The first-order valence-electron chi connectivity index (χ1n) is 12.4. The van der Waals surface area contributed by atoms with Crippen LogP contribution in [0.2, 0.25) is 0 Å². The Balaban J connectivity index is 1.53. The molecule has 0 bridgehead atoms. The van der Waals surface area contributed by atoms with Crippen molar-refractivity contribution in [2.75, 3.05) is 34.2 Å². The molecule has 3 aromatic rings. The molecular formula is C28H26O12. The molecule has 1 unspecified atom stereocenters. The van der Waals surface area contributed by atoms with E-state index in [0.29, 0.717) is 50.5 Å². The molecule has 0 aliphatic carbocycles. The number of hydrogen-bond donors (Lipinski definition) is 2. The average molecular weight is 555 g/mol. The molecule has 2 N–H and O–H groups in total. The van der Waals surface area contributed by atoms with Crippen LogP contribution in [0, 0.1) is 0 Å². The van der Waals surface area contributed by atoms with E-state index in [1.54, 1.807) is 24.3 Å². The van der Waals surface area contributed by atoms with Crippen LogP contribution in [0.3, 0.4) is 0 Å². The first kappa shape index (κ1) is 26.0. The molecule has 12 heteroatoms. The molecule has 6 rings (SSSR count). The monoisotopic (exact) mass is 554 g/mol. The van der Waals surface area contributed by atoms with Gasteiger partial charge in [0.1, 0.15) is 19.0 Å². The Morgan fingerprint density at radius 1 is 1.02 bits per heavy atom. The van der Waals surface area contributed by atoms with Crippen molar-refractivity contribution in [3.8, 4) is 39.9 Å². The van der Waals surface area contributed by atoms with Gasteiger partial charge in [-0.15, -0.1) is 0 Å². The molecular weight excluding hydrogens is 528 g/mol. The molecule has 0 radical (unpaired) electrons. The third-order valence-electron chi connectivity index (χ3n) is 7.14. The number of methoxy groups -OCH3 is 2. The number of fused-ring (bicyclic) bond motifs is 3. The van der Waals surface area contributed by atoms with Gasteiger partial charge < -0.3 is 48.1 Å². The van der Waals surface area contributed by atoms with E-state index in [1.807, 2.05) is 6.07 Å². The van der Waals surface area contributed by atoms with Gasteiger partial charge in [-0.3, -0.25) is 4.79 Å². The highest BCUT2D eigenvalue weighted by atomic mass is 16.7. The topological polar surface area (TPSA) is 148 Å². The summed E-state index contributed by atoms with van der Waals surface area (Å²) in [5.74, 6) is 0.916. The number of esters is 2. The summed E-state index contributed by atoms with van der Waals surface area (Å²) in [6, 6.07) is 8.75. The highest BCUT2D eigenvalue weighted by Crippen LogP contribution is 2.49. The quantitative estimate of drug-likeness (QED) is 0.413. The second-order valence-corrected chi connectivity index (χ2v) is 9.58. The number of carbonyl (C=O) groups excluding carboxylic acids is 2. The van der Waals surface area contributed by atoms with E-state index >= 15 is 0 Å². The number of aliphatic hydroxyl groups is 2. The van der Waals surface area contributed by atoms with Crippen molar-refractivity contribution in [1.29, 1.82) is 0 Å². The van der Waals surface area contributed by atoms with Gasteiger partial charge in [0, 0.05) is 23.4 Å². The van der Waals surface area contributed by atoms with E-state index in [2.05, 4.69) is 0 Å². The van der Waals surface area contributed by atoms with Gasteiger partial charge in [-0.25, -0.2) is 4.79 Å². The number of benzene rings is 3. The maximum atomic E-state index is 13.2. The van der Waals surface area contributed by atoms with Crippen molar-refractivity contribution in [2.45, 2.75) is 31.5 Å². The molecule has 0 saturated carbocycles. The second-order valence-electron chi connectivity index (χ2n) is 9.58. The van der Waals surface area contributed by atoms with Crippen LogP contribution in [0.1, 0.15) is 22.8 Å². The summed E-state index contributed by atoms with van der Waals surface area (Å²) in [5.41, 5.74) is 0.00357. The SMILES string of the molecule is COc1cc2c(O[C@@H]3OC[C@@](O)(COC(C)=O)C3O)c3c(c(-c4ccc5c(c4)OCO5)c2cc1OC)C(=O)OC3. The Hall–Kier alpha value is -4.26. The zero-order valence-corrected chi connectivity index (χ0v) is 21.8. The lowest BCUT2D eigenvalue weighted by atomic mass is 9.89. The van der Waals surface area contributed by atoms with Gasteiger partial charge in [0.2, 0.25) is 13.1 Å². The van der Waals surface area contributed by atoms with Gasteiger partial charge in [-0.1, -0.05) is 6.07 Å². The molecule has 3 aromatic carbocycles. The van der Waals surface area contributed by atoms with Crippen molar-refractivity contribution < 1.29 is 57.7 Å². The van der Waals surface area contributed by atoms with Crippen LogP contribution in [-0.2, 0) is 25.6 Å². The molecule has 1 fully saturated rings. The molecule has 0 amide bonds. The Bertz CT molecular complexity index is 1530. The third kappa shape index (κ3) is 4.12. The maximum absolute atomic E-state index is 13.2. The average Bonchev–Trinajstić information content (AvgIpc) is 3.65. The van der Waals surface area contributed by atoms with E-state index in [0.717, 1.165) is 0 Å². The van der Waals surface area contributed by atoms with E-state index in [-0.39, 0.29) is 31.3 Å². The molecule has 0 aromatic heterocycles. The van der Waals surface area contributed by atoms with Crippen molar-refractivity contribution in [3.05, 3.63) is 41.5 Å². The van der Waals surface area contributed by atoms with Crippen LogP contribution in [0.4, 0.5) is 0 Å². The molecule has 3 aliphatic heterocycles. The first-order valence-corrected chi connectivity index (χ1v) is 12.4. The fourth-order valence-corrected chi connectivity index (χ4v) is 5.12. The third-order valence-corrected chi connectivity index (χ3v) is 7.14. The second kappa shape index (κ2) is 9.73. The van der Waals surface area contributed by atoms with Gasteiger partial charge in [-0.2, -0.15) is 0 Å². The predicted molar refractivity (Wildman–Crippen MR) is 136 cm³/mol. The Labute approximate surface area is 227 Å². The Kier molecular flexibility index (Phi) is 6.32. The summed E-state index contributed by atoms with van der Waals surface area (Å²) in [5, 5.41) is 22.8. The highest BCUT2D eigenvalue weighted by molar-refractivity contribution is 6.14. The van der Waals surface area contributed by atoms with Gasteiger partial charge in [0.25, 0.3) is 0 Å². The minimum Gasteiger partial charge on any atom is -0.493 e. The standard InChI is InChI=1S/C28H26O12/c1-13(29)36-10-28(32)11-37-27(25(28)30)40-24-16-8-20(34-3)19(33-2)7-15(16)22(23-17(24)9-35-26(23)31)14-4-5-18-21(6-14)39-12-38-18/h4-8,25,27,30,32H,9-12H2,1-3H3/t25?,27-,28-/m0/s1. The Morgan fingerprint density at radius 2 is 1.75 bits per heavy atom. The normalized spacial score (nSPS) is 22.7. The zero-order chi connectivity index (χ0) is 28.2. The number of ether oxygens (including phenoxy) is 8. The maximum Gasteiger partial charge on any atom is 0.339 e. The number of cyclic esters (lactones) is 1. The van der Waals surface area contributed by atoms with Crippen LogP contribution >= 0.6 is 0 Å². The van der Waals surface area contributed by atoms with Crippen LogP contribution in [-0.4, -0.2) is 74.4 Å². The lowest BCUT2D eigenvalue weighted by molar-refractivity contribution is -0.156. The van der Waals surface area contributed by atoms with E-state index in [9.17, 15) is 19.8 Å². The Morgan fingerprint density at radius 3 is 2.48 bits per heavy atom. The van der Waals surface area contributed by atoms with E-state index in [1.165, 1.54) is 21.1 Å². The zero-order valence-electron chi connectivity index (χ0n) is 21.8. The largest absolute Gasteiger partial charge is 0.493 e. The van der Waals surface area contributed by atoms with Crippen LogP contribution < -0.4 is 23.7 Å². The van der Waals surface area contributed by atoms with Gasteiger partial charge in [-0.05, 0) is 35.2 Å². The van der Waals surface area contributed by atoms with Crippen LogP contribution in [0.25, 0.3) is 21.9 Å². The fraction of sp³-hybridized carbons (Fsp3) is 0.357. The summed E-state index contributed by atoms with van der Waals surface area (Å²) in [6.45, 7) is 0.332. The molecule has 0 spiro atoms. The molecule has 3 heterocycles. The minimum atomic E-state index is -1.89. The lowest BCUT2D eigenvalue weighted by Gasteiger charge is -2.26. The van der Waals surface area contributed by atoms with Crippen molar-refractivity contribution in [3.63, 3.8) is 0 Å². The van der Waals surface area contributed by atoms with Gasteiger partial charge in [0.05, 0.1) is 26.4 Å². The van der Waals surface area contributed by atoms with Crippen LogP contribution in [0.15, 0.2) is 30.3 Å². The summed E-state index contributed by atoms with van der Waals surface area (Å²) < 4.78 is 44.3. The summed E-state index contributed by atoms with van der Waals surface area (Å²) in [6.07, 6.45) is -2.93. The van der Waals surface area contributed by atoms with Gasteiger partial charge >= 0.3 is 11.9 Å². The lowest BCUT2D eigenvalue weighted by Crippen LogP contribution is -2.49. The van der Waals surface area contributed by atoms with Crippen molar-refractivity contribution in [2.24, 2.45) is 0 Å². The molecule has 12 nitrogen and oxygen atoms in total. The summed E-state index contributed by atoms with van der Waals surface area (Å²) in [7, 11) is 2.98. The number of rotatable bonds is 7. The highest BCUT2D eigenvalue weighted by Gasteiger charge is 2.51. The minimum absolute atomic E-state index is 0.0883. The van der Waals surface area contributed by atoms with E-state index < -0.39 is 36.5 Å². The summed E-state index contributed by atoms with van der Waals surface area (Å²) >= 11 is 0. The number of aliphatic hydroxyl groups excluding tert-OH is 1. The molecule has 1 saturated heterocycles. The predicted octanol–water partition coefficient (Wildman–Crippen LogP) is 2.31. The number of carbonyl (C=O) groups is 2. The first-order chi connectivity index (χ1) is 19.2. The number of hydrogen-bond acceptors (Lipinski definition) is 12. The van der Waals surface area contributed by atoms with Gasteiger partial charge in [0.15, 0.2) is 34.7 Å². The van der Waals surface area contributed by atoms with Crippen molar-refractivity contribution in [1.82, 2.24) is 0 Å². The summed E-state index contributed by atoms with van der Waals surface area (Å²) in [4.78, 5) is 24.4. The van der Waals surface area contributed by atoms with E-state index in [4.69, 9.17) is 37.9 Å². The molecule has 40 heavy (non-hydrogen) atoms. The molecule has 3 atom stereocenters. The van der Waals surface area contributed by atoms with Crippen molar-refractivity contribution >= 4 is 22.7 Å².